The lowest BCUT2D eigenvalue weighted by molar-refractivity contribution is -0.139. The van der Waals surface area contributed by atoms with Crippen molar-refractivity contribution in [3.8, 4) is 5.75 Å². The molecule has 4 rings (SSSR count). The van der Waals surface area contributed by atoms with Crippen molar-refractivity contribution in [1.29, 1.82) is 0 Å². The summed E-state index contributed by atoms with van der Waals surface area (Å²) in [5.41, 5.74) is 3.89. The third-order valence-electron chi connectivity index (χ3n) is 6.02. The molecule has 1 aliphatic carbocycles. The summed E-state index contributed by atoms with van der Waals surface area (Å²) in [5.74, 6) is 0.461. The molecule has 0 N–H and O–H groups in total. The maximum absolute atomic E-state index is 11.6. The van der Waals surface area contributed by atoms with E-state index in [0.717, 1.165) is 34.4 Å². The highest BCUT2D eigenvalue weighted by atomic mass is 79.9. The zero-order valence-electron chi connectivity index (χ0n) is 16.2. The summed E-state index contributed by atoms with van der Waals surface area (Å²) < 4.78 is 11.9. The quantitative estimate of drug-likeness (QED) is 0.580. The number of methoxy groups -OCH3 is 1. The van der Waals surface area contributed by atoms with E-state index in [2.05, 4.69) is 39.0 Å². The summed E-state index contributed by atoms with van der Waals surface area (Å²) in [6, 6.07) is 14.1. The number of nitrogens with zero attached hydrogens (tertiary/aromatic N) is 1. The molecule has 0 amide bonds. The van der Waals surface area contributed by atoms with Gasteiger partial charge in [0, 0.05) is 28.8 Å². The fourth-order valence-electron chi connectivity index (χ4n) is 3.99. The zero-order valence-corrected chi connectivity index (χ0v) is 17.8. The number of ether oxygens (including phenoxy) is 2. The van der Waals surface area contributed by atoms with Crippen LogP contribution < -0.4 is 9.64 Å². The number of anilines is 1. The fourth-order valence-corrected chi connectivity index (χ4v) is 4.52. The summed E-state index contributed by atoms with van der Waals surface area (Å²) in [6.45, 7) is 2.74. The van der Waals surface area contributed by atoms with Gasteiger partial charge in [-0.2, -0.15) is 0 Å². The zero-order chi connectivity index (χ0) is 19.6. The molecule has 1 saturated heterocycles. The molecule has 1 saturated carbocycles. The van der Waals surface area contributed by atoms with Gasteiger partial charge in [0.1, 0.15) is 12.4 Å². The molecular formula is C23H26BrNO3. The molecule has 2 aromatic carbocycles. The van der Waals surface area contributed by atoms with Crippen molar-refractivity contribution >= 4 is 27.6 Å². The molecule has 0 unspecified atom stereocenters. The van der Waals surface area contributed by atoms with E-state index in [9.17, 15) is 4.79 Å². The molecule has 2 fully saturated rings. The fraction of sp³-hybridized carbons (Fsp3) is 0.435. The third-order valence-corrected chi connectivity index (χ3v) is 6.48. The number of hydrogen-bond acceptors (Lipinski definition) is 4. The predicted molar refractivity (Wildman–Crippen MR) is 114 cm³/mol. The van der Waals surface area contributed by atoms with Crippen LogP contribution in [0.15, 0.2) is 46.9 Å². The highest BCUT2D eigenvalue weighted by Gasteiger charge is 2.44. The normalized spacial score (nSPS) is 17.4. The first kappa shape index (κ1) is 19.3. The smallest absolute Gasteiger partial charge is 0.310 e. The average Bonchev–Trinajstić information content (AvgIpc) is 3.46. The van der Waals surface area contributed by atoms with Crippen LogP contribution in [0.3, 0.4) is 0 Å². The minimum Gasteiger partial charge on any atom is -0.489 e. The van der Waals surface area contributed by atoms with E-state index in [1.54, 1.807) is 0 Å². The highest BCUT2D eigenvalue weighted by molar-refractivity contribution is 9.10. The number of benzene rings is 2. The Labute approximate surface area is 175 Å². The number of carbonyl (C=O) groups is 1. The van der Waals surface area contributed by atoms with Gasteiger partial charge in [0.15, 0.2) is 0 Å². The molecular weight excluding hydrogens is 418 g/mol. The number of esters is 1. The van der Waals surface area contributed by atoms with Gasteiger partial charge in [-0.1, -0.05) is 34.1 Å². The number of rotatable bonds is 6. The lowest BCUT2D eigenvalue weighted by Crippen LogP contribution is -2.34. The molecule has 1 aliphatic heterocycles. The van der Waals surface area contributed by atoms with Gasteiger partial charge in [-0.25, -0.2) is 0 Å². The molecule has 1 heterocycles. The van der Waals surface area contributed by atoms with Crippen LogP contribution in [-0.4, -0.2) is 26.2 Å². The Bertz CT molecular complexity index is 853. The Morgan fingerprint density at radius 3 is 2.57 bits per heavy atom. The Kier molecular flexibility index (Phi) is 5.63. The highest BCUT2D eigenvalue weighted by Crippen LogP contribution is 2.54. The number of carbonyl (C=O) groups excluding carboxylic acids is 1. The van der Waals surface area contributed by atoms with E-state index in [0.29, 0.717) is 12.0 Å². The van der Waals surface area contributed by atoms with Crippen LogP contribution in [0.2, 0.25) is 0 Å². The first-order valence-electron chi connectivity index (χ1n) is 9.89. The van der Waals surface area contributed by atoms with Gasteiger partial charge in [0.2, 0.25) is 0 Å². The lowest BCUT2D eigenvalue weighted by Gasteiger charge is -2.34. The molecule has 2 aromatic rings. The van der Waals surface area contributed by atoms with Gasteiger partial charge in [-0.05, 0) is 60.9 Å². The van der Waals surface area contributed by atoms with Crippen LogP contribution in [-0.2, 0) is 22.6 Å². The van der Waals surface area contributed by atoms with E-state index in [1.807, 2.05) is 24.3 Å². The molecule has 4 nitrogen and oxygen atoms in total. The van der Waals surface area contributed by atoms with E-state index < -0.39 is 0 Å². The van der Waals surface area contributed by atoms with Gasteiger partial charge in [-0.3, -0.25) is 4.79 Å². The standard InChI is InChI=1S/C23H26BrNO3/c1-27-22(26)14-18-4-2-3-5-21(18)28-16-17-12-19(24)15-20(13-17)25-10-8-23(6-7-23)9-11-25/h2-5,12-13,15H,6-11,14,16H2,1H3. The number of hydrogen-bond donors (Lipinski definition) is 0. The Morgan fingerprint density at radius 1 is 1.11 bits per heavy atom. The van der Waals surface area contributed by atoms with E-state index in [-0.39, 0.29) is 12.4 Å². The van der Waals surface area contributed by atoms with Crippen molar-refractivity contribution in [2.24, 2.45) is 5.41 Å². The van der Waals surface area contributed by atoms with E-state index in [1.165, 1.54) is 38.5 Å². The topological polar surface area (TPSA) is 38.8 Å². The third kappa shape index (κ3) is 4.52. The Morgan fingerprint density at radius 2 is 1.86 bits per heavy atom. The van der Waals surface area contributed by atoms with Crippen LogP contribution in [0.25, 0.3) is 0 Å². The molecule has 0 radical (unpaired) electrons. The summed E-state index contributed by atoms with van der Waals surface area (Å²) in [7, 11) is 1.40. The molecule has 0 aromatic heterocycles. The van der Waals surface area contributed by atoms with Crippen molar-refractivity contribution in [3.05, 3.63) is 58.1 Å². The molecule has 148 valence electrons. The first-order chi connectivity index (χ1) is 13.6. The number of para-hydroxylation sites is 1. The van der Waals surface area contributed by atoms with Crippen LogP contribution >= 0.6 is 15.9 Å². The van der Waals surface area contributed by atoms with Gasteiger partial charge < -0.3 is 14.4 Å². The van der Waals surface area contributed by atoms with E-state index >= 15 is 0 Å². The lowest BCUT2D eigenvalue weighted by atomic mass is 9.93. The summed E-state index contributed by atoms with van der Waals surface area (Å²) in [4.78, 5) is 14.1. The number of piperidine rings is 1. The second-order valence-corrected chi connectivity index (χ2v) is 8.87. The maximum atomic E-state index is 11.6. The molecule has 0 bridgehead atoms. The molecule has 1 spiro atoms. The van der Waals surface area contributed by atoms with Gasteiger partial charge in [-0.15, -0.1) is 0 Å². The van der Waals surface area contributed by atoms with Crippen molar-refractivity contribution in [3.63, 3.8) is 0 Å². The number of halogens is 1. The van der Waals surface area contributed by atoms with E-state index in [4.69, 9.17) is 9.47 Å². The van der Waals surface area contributed by atoms with Crippen LogP contribution in [0.1, 0.15) is 36.8 Å². The van der Waals surface area contributed by atoms with Crippen molar-refractivity contribution in [2.45, 2.75) is 38.7 Å². The molecule has 28 heavy (non-hydrogen) atoms. The molecule has 2 aliphatic rings. The summed E-state index contributed by atoms with van der Waals surface area (Å²) in [5, 5.41) is 0. The minimum atomic E-state index is -0.265. The van der Waals surface area contributed by atoms with Crippen LogP contribution in [0.4, 0.5) is 5.69 Å². The van der Waals surface area contributed by atoms with Crippen molar-refractivity contribution in [2.75, 3.05) is 25.1 Å². The largest absolute Gasteiger partial charge is 0.489 e. The van der Waals surface area contributed by atoms with Crippen LogP contribution in [0.5, 0.6) is 5.75 Å². The van der Waals surface area contributed by atoms with Gasteiger partial charge >= 0.3 is 5.97 Å². The monoisotopic (exact) mass is 443 g/mol. The molecule has 0 atom stereocenters. The average molecular weight is 444 g/mol. The summed E-state index contributed by atoms with van der Waals surface area (Å²) >= 11 is 3.65. The Balaban J connectivity index is 1.44. The van der Waals surface area contributed by atoms with Crippen molar-refractivity contribution < 1.29 is 14.3 Å². The molecule has 5 heteroatoms. The second kappa shape index (κ2) is 8.16. The SMILES string of the molecule is COC(=O)Cc1ccccc1OCc1cc(Br)cc(N2CCC3(CC2)CC3)c1. The maximum Gasteiger partial charge on any atom is 0.310 e. The second-order valence-electron chi connectivity index (χ2n) is 7.95. The predicted octanol–water partition coefficient (Wildman–Crippen LogP) is 5.12. The minimum absolute atomic E-state index is 0.214. The van der Waals surface area contributed by atoms with Gasteiger partial charge in [0.25, 0.3) is 0 Å². The van der Waals surface area contributed by atoms with Gasteiger partial charge in [0.05, 0.1) is 13.5 Å². The summed E-state index contributed by atoms with van der Waals surface area (Å²) in [6.07, 6.45) is 5.68. The Hall–Kier alpha value is -2.01. The van der Waals surface area contributed by atoms with Crippen LogP contribution in [0, 0.1) is 5.41 Å². The first-order valence-corrected chi connectivity index (χ1v) is 10.7. The van der Waals surface area contributed by atoms with Crippen molar-refractivity contribution in [1.82, 2.24) is 0 Å².